The highest BCUT2D eigenvalue weighted by atomic mass is 16.5. The fraction of sp³-hybridized carbons (Fsp3) is 0.909. The van der Waals surface area contributed by atoms with E-state index in [2.05, 4.69) is 10.2 Å². The van der Waals surface area contributed by atoms with Crippen LogP contribution in [-0.4, -0.2) is 57.2 Å². The van der Waals surface area contributed by atoms with Crippen LogP contribution in [0, 0.1) is 5.92 Å². The summed E-state index contributed by atoms with van der Waals surface area (Å²) in [6, 6.07) is -0.259. The number of carbonyl (C=O) groups excluding carboxylic acids is 1. The van der Waals surface area contributed by atoms with Gasteiger partial charge in [-0.05, 0) is 32.9 Å². The van der Waals surface area contributed by atoms with Crippen LogP contribution in [-0.2, 0) is 9.53 Å². The van der Waals surface area contributed by atoms with Gasteiger partial charge in [0.25, 0.3) is 0 Å². The number of rotatable bonds is 6. The van der Waals surface area contributed by atoms with E-state index in [0.29, 0.717) is 12.5 Å². The first kappa shape index (κ1) is 13.4. The highest BCUT2D eigenvalue weighted by Gasteiger charge is 2.19. The minimum Gasteiger partial charge on any atom is -0.381 e. The second-order valence-electron chi connectivity index (χ2n) is 4.52. The number of primary amides is 1. The summed E-state index contributed by atoms with van der Waals surface area (Å²) in [5, 5.41) is 2.93. The van der Waals surface area contributed by atoms with E-state index in [0.717, 1.165) is 32.6 Å². The molecule has 1 aliphatic rings. The van der Waals surface area contributed by atoms with Crippen molar-refractivity contribution in [3.63, 3.8) is 0 Å². The Bertz CT molecular complexity index is 217. The number of hydrogen-bond donors (Lipinski definition) is 2. The zero-order valence-electron chi connectivity index (χ0n) is 10.2. The summed E-state index contributed by atoms with van der Waals surface area (Å²) in [6.07, 6.45) is 2.23. The molecule has 0 aliphatic carbocycles. The third-order valence-corrected chi connectivity index (χ3v) is 3.10. The van der Waals surface area contributed by atoms with Crippen molar-refractivity contribution in [2.45, 2.75) is 18.9 Å². The van der Waals surface area contributed by atoms with Gasteiger partial charge in [-0.25, -0.2) is 0 Å². The molecule has 1 atom stereocenters. The first-order chi connectivity index (χ1) is 7.63. The number of ether oxygens (including phenoxy) is 1. The maximum atomic E-state index is 11.1. The van der Waals surface area contributed by atoms with Crippen LogP contribution in [0.4, 0.5) is 0 Å². The molecule has 5 heteroatoms. The van der Waals surface area contributed by atoms with Crippen LogP contribution in [0.15, 0.2) is 0 Å². The third kappa shape index (κ3) is 4.47. The van der Waals surface area contributed by atoms with Crippen molar-refractivity contribution < 1.29 is 9.53 Å². The van der Waals surface area contributed by atoms with Gasteiger partial charge in [-0.3, -0.25) is 4.79 Å². The second-order valence-corrected chi connectivity index (χ2v) is 4.52. The number of likely N-dealkylation sites (N-methyl/N-ethyl adjacent to an activating group) is 2. The zero-order valence-corrected chi connectivity index (χ0v) is 10.2. The average Bonchev–Trinajstić information content (AvgIpc) is 2.27. The summed E-state index contributed by atoms with van der Waals surface area (Å²) in [6.45, 7) is 3.41. The summed E-state index contributed by atoms with van der Waals surface area (Å²) in [7, 11) is 3.79. The van der Waals surface area contributed by atoms with E-state index < -0.39 is 0 Å². The van der Waals surface area contributed by atoms with Crippen LogP contribution in [0.3, 0.4) is 0 Å². The lowest BCUT2D eigenvalue weighted by atomic mass is 10.00. The summed E-state index contributed by atoms with van der Waals surface area (Å²) >= 11 is 0. The molecule has 0 radical (unpaired) electrons. The van der Waals surface area contributed by atoms with Crippen LogP contribution >= 0.6 is 0 Å². The predicted octanol–water partition coefficient (Wildman–Crippen LogP) is -0.582. The molecule has 0 bridgehead atoms. The molecule has 1 fully saturated rings. The molecular weight excluding hydrogens is 206 g/mol. The number of amides is 1. The molecule has 0 aromatic heterocycles. The number of nitrogens with zero attached hydrogens (tertiary/aromatic N) is 1. The highest BCUT2D eigenvalue weighted by Crippen LogP contribution is 2.15. The molecule has 0 aromatic rings. The molecule has 16 heavy (non-hydrogen) atoms. The van der Waals surface area contributed by atoms with Gasteiger partial charge in [0.2, 0.25) is 5.91 Å². The van der Waals surface area contributed by atoms with Crippen molar-refractivity contribution in [1.82, 2.24) is 10.2 Å². The molecule has 3 N–H and O–H groups in total. The minimum atomic E-state index is -0.290. The Labute approximate surface area is 97.3 Å². The van der Waals surface area contributed by atoms with E-state index in [1.165, 1.54) is 0 Å². The van der Waals surface area contributed by atoms with Gasteiger partial charge >= 0.3 is 0 Å². The van der Waals surface area contributed by atoms with Crippen molar-refractivity contribution in [3.05, 3.63) is 0 Å². The van der Waals surface area contributed by atoms with Crippen LogP contribution in [0.5, 0.6) is 0 Å². The van der Waals surface area contributed by atoms with E-state index >= 15 is 0 Å². The SMILES string of the molecule is CNC(CN(C)CC1CCOCC1)C(N)=O. The number of carbonyl (C=O) groups is 1. The van der Waals surface area contributed by atoms with Crippen LogP contribution < -0.4 is 11.1 Å². The topological polar surface area (TPSA) is 67.6 Å². The molecule has 1 heterocycles. The van der Waals surface area contributed by atoms with E-state index in [1.807, 2.05) is 7.05 Å². The van der Waals surface area contributed by atoms with Gasteiger partial charge in [0.1, 0.15) is 0 Å². The van der Waals surface area contributed by atoms with Gasteiger partial charge in [0.05, 0.1) is 6.04 Å². The summed E-state index contributed by atoms with van der Waals surface area (Å²) < 4.78 is 5.32. The van der Waals surface area contributed by atoms with Crippen molar-refractivity contribution in [3.8, 4) is 0 Å². The van der Waals surface area contributed by atoms with Gasteiger partial charge in [-0.1, -0.05) is 0 Å². The second kappa shape index (κ2) is 6.83. The van der Waals surface area contributed by atoms with Gasteiger partial charge in [0.15, 0.2) is 0 Å². The van der Waals surface area contributed by atoms with Gasteiger partial charge in [-0.2, -0.15) is 0 Å². The molecule has 0 aromatic carbocycles. The smallest absolute Gasteiger partial charge is 0.235 e. The Kier molecular flexibility index (Phi) is 5.73. The lowest BCUT2D eigenvalue weighted by Crippen LogP contribution is -2.47. The fourth-order valence-electron chi connectivity index (χ4n) is 2.08. The first-order valence-electron chi connectivity index (χ1n) is 5.86. The van der Waals surface area contributed by atoms with E-state index in [-0.39, 0.29) is 11.9 Å². The molecule has 5 nitrogen and oxygen atoms in total. The lowest BCUT2D eigenvalue weighted by Gasteiger charge is -2.28. The van der Waals surface area contributed by atoms with Crippen molar-refractivity contribution in [1.29, 1.82) is 0 Å². The van der Waals surface area contributed by atoms with E-state index in [1.54, 1.807) is 7.05 Å². The molecule has 0 saturated carbocycles. The standard InChI is InChI=1S/C11H23N3O2/c1-13-10(11(12)15)8-14(2)7-9-3-5-16-6-4-9/h9-10,13H,3-8H2,1-2H3,(H2,12,15). The first-order valence-corrected chi connectivity index (χ1v) is 5.86. The Balaban J connectivity index is 2.27. The van der Waals surface area contributed by atoms with Crippen LogP contribution in [0.25, 0.3) is 0 Å². The molecule has 1 amide bonds. The molecule has 1 rings (SSSR count). The Morgan fingerprint density at radius 3 is 2.69 bits per heavy atom. The van der Waals surface area contributed by atoms with E-state index in [4.69, 9.17) is 10.5 Å². The predicted molar refractivity (Wildman–Crippen MR) is 63.1 cm³/mol. The zero-order chi connectivity index (χ0) is 12.0. The average molecular weight is 229 g/mol. The Morgan fingerprint density at radius 2 is 2.19 bits per heavy atom. The quantitative estimate of drug-likeness (QED) is 0.639. The number of nitrogens with one attached hydrogen (secondary N) is 1. The molecule has 1 unspecified atom stereocenters. The summed E-state index contributed by atoms with van der Waals surface area (Å²) in [5.41, 5.74) is 5.28. The number of nitrogens with two attached hydrogens (primary N) is 1. The van der Waals surface area contributed by atoms with Crippen LogP contribution in [0.2, 0.25) is 0 Å². The van der Waals surface area contributed by atoms with Crippen molar-refractivity contribution in [2.75, 3.05) is 40.4 Å². The third-order valence-electron chi connectivity index (χ3n) is 3.10. The van der Waals surface area contributed by atoms with Crippen molar-refractivity contribution in [2.24, 2.45) is 11.7 Å². The maximum absolute atomic E-state index is 11.1. The molecular formula is C11H23N3O2. The number of hydrogen-bond acceptors (Lipinski definition) is 4. The molecule has 1 saturated heterocycles. The largest absolute Gasteiger partial charge is 0.381 e. The van der Waals surface area contributed by atoms with Gasteiger partial charge in [0, 0.05) is 26.3 Å². The molecule has 1 aliphatic heterocycles. The van der Waals surface area contributed by atoms with Crippen LogP contribution in [0.1, 0.15) is 12.8 Å². The Hall–Kier alpha value is -0.650. The minimum absolute atomic E-state index is 0.259. The normalized spacial score (nSPS) is 19.9. The maximum Gasteiger partial charge on any atom is 0.235 e. The summed E-state index contributed by atoms with van der Waals surface area (Å²) in [5.74, 6) is 0.394. The highest BCUT2D eigenvalue weighted by molar-refractivity contribution is 5.80. The lowest BCUT2D eigenvalue weighted by molar-refractivity contribution is -0.120. The van der Waals surface area contributed by atoms with Gasteiger partial charge in [-0.15, -0.1) is 0 Å². The fourth-order valence-corrected chi connectivity index (χ4v) is 2.08. The summed E-state index contributed by atoms with van der Waals surface area (Å²) in [4.78, 5) is 13.2. The van der Waals surface area contributed by atoms with E-state index in [9.17, 15) is 4.79 Å². The van der Waals surface area contributed by atoms with Gasteiger partial charge < -0.3 is 20.7 Å². The molecule has 94 valence electrons. The Morgan fingerprint density at radius 1 is 1.56 bits per heavy atom. The van der Waals surface area contributed by atoms with Crippen molar-refractivity contribution >= 4 is 5.91 Å². The molecule has 0 spiro atoms. The monoisotopic (exact) mass is 229 g/mol.